The molecule has 0 bridgehead atoms. The van der Waals surface area contributed by atoms with E-state index in [1.807, 2.05) is 0 Å². The van der Waals surface area contributed by atoms with Gasteiger partial charge in [-0.2, -0.15) is 5.10 Å². The van der Waals surface area contributed by atoms with Crippen molar-refractivity contribution in [2.75, 3.05) is 5.32 Å². The second-order valence-corrected chi connectivity index (χ2v) is 5.25. The lowest BCUT2D eigenvalue weighted by molar-refractivity contribution is -0.116. The van der Waals surface area contributed by atoms with Crippen LogP contribution in [0.2, 0.25) is 0 Å². The maximum Gasteiger partial charge on any atom is 0.225 e. The lowest BCUT2D eigenvalue weighted by Gasteiger charge is -2.10. The van der Waals surface area contributed by atoms with Gasteiger partial charge in [0.1, 0.15) is 5.82 Å². The summed E-state index contributed by atoms with van der Waals surface area (Å²) in [6.07, 6.45) is 7.89. The number of oxime groups is 1. The second-order valence-electron chi connectivity index (χ2n) is 5.25. The highest BCUT2D eigenvalue weighted by Crippen LogP contribution is 2.28. The van der Waals surface area contributed by atoms with Crippen LogP contribution in [-0.2, 0) is 11.8 Å². The predicted octanol–water partition coefficient (Wildman–Crippen LogP) is 1.42. The number of nitrogens with two attached hydrogens (primary N) is 1. The van der Waals surface area contributed by atoms with Crippen LogP contribution < -0.4 is 11.1 Å². The van der Waals surface area contributed by atoms with Crippen LogP contribution in [0.4, 0.5) is 5.82 Å². The third kappa shape index (κ3) is 3.28. The number of aryl methyl sites for hydroxylation is 1. The van der Waals surface area contributed by atoms with E-state index in [0.717, 1.165) is 6.42 Å². The molecule has 0 saturated heterocycles. The summed E-state index contributed by atoms with van der Waals surface area (Å²) in [5, 5.41) is 18.4. The van der Waals surface area contributed by atoms with Gasteiger partial charge in [0.15, 0.2) is 5.84 Å². The monoisotopic (exact) mass is 279 g/mol. The number of nitrogens with zero attached hydrogens (tertiary/aromatic N) is 3. The van der Waals surface area contributed by atoms with Gasteiger partial charge in [0.05, 0.1) is 11.8 Å². The summed E-state index contributed by atoms with van der Waals surface area (Å²) >= 11 is 0. The highest BCUT2D eigenvalue weighted by Gasteiger charge is 2.18. The van der Waals surface area contributed by atoms with Gasteiger partial charge in [-0.05, 0) is 12.3 Å². The molecule has 0 aromatic carbocycles. The van der Waals surface area contributed by atoms with Gasteiger partial charge in [-0.1, -0.05) is 30.8 Å². The topological polar surface area (TPSA) is 106 Å². The average Bonchev–Trinajstić information content (AvgIpc) is 3.07. The van der Waals surface area contributed by atoms with Crippen molar-refractivity contribution in [3.63, 3.8) is 0 Å². The number of carbonyl (C=O) groups is 1. The molecule has 1 fully saturated rings. The van der Waals surface area contributed by atoms with Crippen molar-refractivity contribution in [1.82, 2.24) is 9.78 Å². The molecule has 20 heavy (non-hydrogen) atoms. The molecule has 0 aliphatic heterocycles. The molecule has 4 N–H and O–H groups in total. The number of anilines is 1. The Morgan fingerprint density at radius 2 is 2.30 bits per heavy atom. The van der Waals surface area contributed by atoms with E-state index in [1.54, 1.807) is 7.05 Å². The predicted molar refractivity (Wildman–Crippen MR) is 75.5 cm³/mol. The van der Waals surface area contributed by atoms with Gasteiger partial charge in [-0.3, -0.25) is 9.48 Å². The standard InChI is InChI=1S/C13H21N5O2/c1-18-13(10(8-15-18)12(14)17-20)16-11(19)7-6-9-4-2-3-5-9/h8-9,20H,2-7H2,1H3,(H2,14,17)(H,16,19). The minimum Gasteiger partial charge on any atom is -0.409 e. The van der Waals surface area contributed by atoms with Crippen LogP contribution in [0.3, 0.4) is 0 Å². The van der Waals surface area contributed by atoms with Crippen LogP contribution in [0, 0.1) is 5.92 Å². The molecule has 110 valence electrons. The van der Waals surface area contributed by atoms with E-state index in [-0.39, 0.29) is 11.7 Å². The molecule has 0 spiro atoms. The molecule has 2 rings (SSSR count). The number of hydrogen-bond donors (Lipinski definition) is 3. The van der Waals surface area contributed by atoms with Crippen molar-refractivity contribution in [2.24, 2.45) is 23.9 Å². The van der Waals surface area contributed by atoms with Crippen LogP contribution in [0.5, 0.6) is 0 Å². The normalized spacial score (nSPS) is 16.6. The molecular formula is C13H21N5O2. The maximum absolute atomic E-state index is 12.0. The summed E-state index contributed by atoms with van der Waals surface area (Å²) < 4.78 is 1.50. The lowest BCUT2D eigenvalue weighted by Crippen LogP contribution is -2.20. The van der Waals surface area contributed by atoms with Crippen LogP contribution >= 0.6 is 0 Å². The Hall–Kier alpha value is -2.05. The zero-order chi connectivity index (χ0) is 14.5. The summed E-state index contributed by atoms with van der Waals surface area (Å²) in [7, 11) is 1.70. The van der Waals surface area contributed by atoms with Crippen molar-refractivity contribution in [1.29, 1.82) is 0 Å². The number of hydrogen-bond acceptors (Lipinski definition) is 4. The fourth-order valence-electron chi connectivity index (χ4n) is 2.66. The number of carbonyl (C=O) groups excluding carboxylic acids is 1. The molecule has 1 aliphatic rings. The largest absolute Gasteiger partial charge is 0.409 e. The summed E-state index contributed by atoms with van der Waals surface area (Å²) in [5.41, 5.74) is 5.97. The fourth-order valence-corrected chi connectivity index (χ4v) is 2.66. The Morgan fingerprint density at radius 3 is 2.95 bits per heavy atom. The van der Waals surface area contributed by atoms with E-state index in [4.69, 9.17) is 10.9 Å². The molecule has 7 nitrogen and oxygen atoms in total. The molecule has 1 aromatic rings. The third-order valence-corrected chi connectivity index (χ3v) is 3.83. The fraction of sp³-hybridized carbons (Fsp3) is 0.615. The summed E-state index contributed by atoms with van der Waals surface area (Å²) in [6.45, 7) is 0. The molecule has 0 atom stereocenters. The van der Waals surface area contributed by atoms with Gasteiger partial charge in [-0.25, -0.2) is 0 Å². The minimum atomic E-state index is -0.0656. The van der Waals surface area contributed by atoms with Crippen LogP contribution in [0.15, 0.2) is 11.4 Å². The zero-order valence-corrected chi connectivity index (χ0v) is 11.7. The van der Waals surface area contributed by atoms with Crippen LogP contribution in [-0.4, -0.2) is 26.7 Å². The lowest BCUT2D eigenvalue weighted by atomic mass is 10.0. The molecule has 7 heteroatoms. The summed E-state index contributed by atoms with van der Waals surface area (Å²) in [4.78, 5) is 12.0. The Balaban J connectivity index is 1.95. The Labute approximate surface area is 117 Å². The van der Waals surface area contributed by atoms with Crippen molar-refractivity contribution in [3.8, 4) is 0 Å². The quantitative estimate of drug-likeness (QED) is 0.328. The minimum absolute atomic E-state index is 0.0625. The molecule has 1 aliphatic carbocycles. The van der Waals surface area contributed by atoms with Crippen molar-refractivity contribution < 1.29 is 10.0 Å². The summed E-state index contributed by atoms with van der Waals surface area (Å²) in [5.74, 6) is 1.00. The highest BCUT2D eigenvalue weighted by molar-refractivity contribution is 6.04. The first-order valence-corrected chi connectivity index (χ1v) is 6.91. The van der Waals surface area contributed by atoms with Gasteiger partial charge in [0.2, 0.25) is 5.91 Å². The third-order valence-electron chi connectivity index (χ3n) is 3.83. The van der Waals surface area contributed by atoms with Crippen molar-refractivity contribution in [3.05, 3.63) is 11.8 Å². The van der Waals surface area contributed by atoms with E-state index >= 15 is 0 Å². The Bertz CT molecular complexity index is 503. The van der Waals surface area contributed by atoms with Crippen molar-refractivity contribution >= 4 is 17.6 Å². The van der Waals surface area contributed by atoms with Crippen LogP contribution in [0.1, 0.15) is 44.1 Å². The molecular weight excluding hydrogens is 258 g/mol. The van der Waals surface area contributed by atoms with E-state index in [2.05, 4.69) is 15.6 Å². The van der Waals surface area contributed by atoms with E-state index in [1.165, 1.54) is 36.6 Å². The summed E-state index contributed by atoms with van der Waals surface area (Å²) in [6, 6.07) is 0. The van der Waals surface area contributed by atoms with Gasteiger partial charge in [-0.15, -0.1) is 0 Å². The number of aromatic nitrogens is 2. The molecule has 1 saturated carbocycles. The van der Waals surface area contributed by atoms with Gasteiger partial charge in [0.25, 0.3) is 0 Å². The average molecular weight is 279 g/mol. The first-order chi connectivity index (χ1) is 9.61. The maximum atomic E-state index is 12.0. The first-order valence-electron chi connectivity index (χ1n) is 6.91. The van der Waals surface area contributed by atoms with Gasteiger partial charge in [0, 0.05) is 13.5 Å². The Morgan fingerprint density at radius 1 is 1.60 bits per heavy atom. The number of rotatable bonds is 5. The van der Waals surface area contributed by atoms with E-state index < -0.39 is 0 Å². The Kier molecular flexibility index (Phi) is 4.60. The molecule has 0 radical (unpaired) electrons. The van der Waals surface area contributed by atoms with Crippen molar-refractivity contribution in [2.45, 2.75) is 38.5 Å². The number of amidine groups is 1. The molecule has 1 heterocycles. The SMILES string of the molecule is Cn1ncc(C(N)=NO)c1NC(=O)CCC1CCCC1. The van der Waals surface area contributed by atoms with Gasteiger partial charge >= 0.3 is 0 Å². The number of amides is 1. The first kappa shape index (κ1) is 14.4. The molecule has 1 aromatic heterocycles. The highest BCUT2D eigenvalue weighted by atomic mass is 16.4. The van der Waals surface area contributed by atoms with Crippen LogP contribution in [0.25, 0.3) is 0 Å². The molecule has 1 amide bonds. The van der Waals surface area contributed by atoms with E-state index in [9.17, 15) is 4.79 Å². The van der Waals surface area contributed by atoms with Gasteiger partial charge < -0.3 is 16.3 Å². The van der Waals surface area contributed by atoms with E-state index in [0.29, 0.717) is 23.7 Å². The molecule has 0 unspecified atom stereocenters. The number of nitrogens with one attached hydrogen (secondary N) is 1. The zero-order valence-electron chi connectivity index (χ0n) is 11.7. The smallest absolute Gasteiger partial charge is 0.225 e. The second kappa shape index (κ2) is 6.40.